The summed E-state index contributed by atoms with van der Waals surface area (Å²) in [6.07, 6.45) is 0.719. The first-order valence-corrected chi connectivity index (χ1v) is 9.10. The number of hydrogen-bond acceptors (Lipinski definition) is 6. The first-order chi connectivity index (χ1) is 11.6. The van der Waals surface area contributed by atoms with Gasteiger partial charge in [-0.1, -0.05) is 13.0 Å². The SMILES string of the molecule is CCC(C)N=C1NS(=O)(=O)N=C1Nc1cccc(C(=O)N(C)C)c1O. The van der Waals surface area contributed by atoms with Gasteiger partial charge in [0.1, 0.15) is 0 Å². The normalized spacial score (nSPS) is 18.4. The first-order valence-electron chi connectivity index (χ1n) is 7.66. The molecule has 1 amide bonds. The Labute approximate surface area is 146 Å². The molecule has 25 heavy (non-hydrogen) atoms. The van der Waals surface area contributed by atoms with E-state index in [0.29, 0.717) is 0 Å². The number of nitrogens with zero attached hydrogens (tertiary/aromatic N) is 3. The van der Waals surface area contributed by atoms with Crippen molar-refractivity contribution in [3.05, 3.63) is 23.8 Å². The van der Waals surface area contributed by atoms with Crippen LogP contribution in [0.1, 0.15) is 30.6 Å². The maximum absolute atomic E-state index is 12.1. The van der Waals surface area contributed by atoms with Crippen molar-refractivity contribution in [1.29, 1.82) is 0 Å². The Hall–Kier alpha value is -2.62. The van der Waals surface area contributed by atoms with Crippen molar-refractivity contribution in [3.8, 4) is 5.75 Å². The van der Waals surface area contributed by atoms with Crippen LogP contribution in [0.5, 0.6) is 5.75 Å². The van der Waals surface area contributed by atoms with Crippen molar-refractivity contribution in [1.82, 2.24) is 9.62 Å². The summed E-state index contributed by atoms with van der Waals surface area (Å²) in [4.78, 5) is 17.7. The number of aliphatic imine (C=N–C) groups is 1. The van der Waals surface area contributed by atoms with Crippen LogP contribution in [0.3, 0.4) is 0 Å². The lowest BCUT2D eigenvalue weighted by Gasteiger charge is -2.14. The van der Waals surface area contributed by atoms with Crippen molar-refractivity contribution >= 4 is 33.5 Å². The van der Waals surface area contributed by atoms with Crippen molar-refractivity contribution in [2.45, 2.75) is 26.3 Å². The Morgan fingerprint density at radius 1 is 1.44 bits per heavy atom. The number of phenolic OH excluding ortho intramolecular Hbond substituents is 1. The summed E-state index contributed by atoms with van der Waals surface area (Å²) in [5.41, 5.74) is 0.243. The summed E-state index contributed by atoms with van der Waals surface area (Å²) in [5.74, 6) is -0.645. The lowest BCUT2D eigenvalue weighted by atomic mass is 10.1. The molecule has 0 aliphatic carbocycles. The van der Waals surface area contributed by atoms with Crippen LogP contribution in [0.4, 0.5) is 5.69 Å². The molecule has 1 atom stereocenters. The zero-order valence-electron chi connectivity index (χ0n) is 14.4. The van der Waals surface area contributed by atoms with Gasteiger partial charge in [0.15, 0.2) is 17.4 Å². The zero-order valence-corrected chi connectivity index (χ0v) is 15.3. The molecular weight excluding hydrogens is 346 g/mol. The summed E-state index contributed by atoms with van der Waals surface area (Å²) in [6.45, 7) is 3.76. The molecule has 1 unspecified atom stereocenters. The fourth-order valence-electron chi connectivity index (χ4n) is 2.02. The summed E-state index contributed by atoms with van der Waals surface area (Å²) in [7, 11) is -0.752. The minimum Gasteiger partial charge on any atom is -0.505 e. The van der Waals surface area contributed by atoms with Gasteiger partial charge in [0.05, 0.1) is 11.3 Å². The molecule has 0 spiro atoms. The van der Waals surface area contributed by atoms with E-state index in [-0.39, 0.29) is 40.6 Å². The second-order valence-corrected chi connectivity index (χ2v) is 7.12. The van der Waals surface area contributed by atoms with Gasteiger partial charge in [-0.05, 0) is 25.5 Å². The van der Waals surface area contributed by atoms with E-state index in [1.54, 1.807) is 20.2 Å². The van der Waals surface area contributed by atoms with Crippen LogP contribution < -0.4 is 10.0 Å². The Kier molecular flexibility index (Phi) is 5.31. The number of amidine groups is 2. The van der Waals surface area contributed by atoms with Crippen LogP contribution in [-0.2, 0) is 10.2 Å². The highest BCUT2D eigenvalue weighted by atomic mass is 32.2. The second-order valence-electron chi connectivity index (χ2n) is 5.78. The van der Waals surface area contributed by atoms with Crippen LogP contribution in [0.2, 0.25) is 0 Å². The second kappa shape index (κ2) is 7.09. The van der Waals surface area contributed by atoms with Gasteiger partial charge in [-0.2, -0.15) is 8.42 Å². The van der Waals surface area contributed by atoms with E-state index >= 15 is 0 Å². The average molecular weight is 367 g/mol. The van der Waals surface area contributed by atoms with Crippen LogP contribution in [0.15, 0.2) is 27.6 Å². The molecule has 0 radical (unpaired) electrons. The van der Waals surface area contributed by atoms with Crippen molar-refractivity contribution in [3.63, 3.8) is 0 Å². The van der Waals surface area contributed by atoms with E-state index in [1.165, 1.54) is 17.0 Å². The quantitative estimate of drug-likeness (QED) is 0.684. The molecule has 0 saturated heterocycles. The smallest absolute Gasteiger partial charge is 0.345 e. The molecule has 1 aromatic carbocycles. The van der Waals surface area contributed by atoms with E-state index in [9.17, 15) is 18.3 Å². The maximum atomic E-state index is 12.1. The minimum absolute atomic E-state index is 0.0370. The fraction of sp³-hybridized carbons (Fsp3) is 0.400. The number of hydrogen-bond donors (Lipinski definition) is 3. The van der Waals surface area contributed by atoms with E-state index in [1.807, 2.05) is 13.8 Å². The molecule has 0 saturated carbocycles. The number of para-hydroxylation sites is 1. The number of nitrogens with one attached hydrogen (secondary N) is 2. The van der Waals surface area contributed by atoms with Crippen LogP contribution >= 0.6 is 0 Å². The summed E-state index contributed by atoms with van der Waals surface area (Å²) in [5, 5.41) is 13.1. The maximum Gasteiger partial charge on any atom is 0.345 e. The van der Waals surface area contributed by atoms with Crippen LogP contribution in [-0.4, -0.2) is 56.1 Å². The first kappa shape index (κ1) is 18.7. The van der Waals surface area contributed by atoms with Crippen LogP contribution in [0, 0.1) is 0 Å². The molecule has 1 aliphatic rings. The van der Waals surface area contributed by atoms with E-state index < -0.39 is 10.2 Å². The van der Waals surface area contributed by atoms with Gasteiger partial charge in [-0.25, -0.2) is 4.72 Å². The summed E-state index contributed by atoms with van der Waals surface area (Å²) < 4.78 is 29.2. The molecule has 2 rings (SSSR count). The van der Waals surface area contributed by atoms with E-state index in [0.717, 1.165) is 6.42 Å². The molecule has 0 bridgehead atoms. The van der Waals surface area contributed by atoms with Crippen molar-refractivity contribution in [2.24, 2.45) is 9.39 Å². The number of carbonyl (C=O) groups is 1. The lowest BCUT2D eigenvalue weighted by molar-refractivity contribution is 0.0824. The van der Waals surface area contributed by atoms with Gasteiger partial charge in [-0.15, -0.1) is 4.40 Å². The van der Waals surface area contributed by atoms with Crippen LogP contribution in [0.25, 0.3) is 0 Å². The third-order valence-electron chi connectivity index (χ3n) is 3.53. The molecule has 0 aromatic heterocycles. The third-order valence-corrected chi connectivity index (χ3v) is 4.40. The van der Waals surface area contributed by atoms with Crippen molar-refractivity contribution < 1.29 is 18.3 Å². The van der Waals surface area contributed by atoms with E-state index in [4.69, 9.17) is 0 Å². The number of rotatable bonds is 4. The highest BCUT2D eigenvalue weighted by Crippen LogP contribution is 2.28. The Bertz CT molecular complexity index is 845. The number of benzene rings is 1. The molecule has 136 valence electrons. The number of anilines is 1. The standard InChI is InChI=1S/C15H21N5O4S/c1-5-9(2)16-13-14(19-25(23,24)18-13)17-11-8-6-7-10(12(11)21)15(22)20(3)4/h6-9,21H,5H2,1-4H3,(H,16,18)(H,17,19). The van der Waals surface area contributed by atoms with Gasteiger partial charge in [0.25, 0.3) is 5.91 Å². The molecule has 9 nitrogen and oxygen atoms in total. The molecule has 0 fully saturated rings. The monoisotopic (exact) mass is 367 g/mol. The molecule has 10 heteroatoms. The Balaban J connectivity index is 2.39. The minimum atomic E-state index is -3.88. The molecular formula is C15H21N5O4S. The lowest BCUT2D eigenvalue weighted by Crippen LogP contribution is -2.31. The number of carbonyl (C=O) groups excluding carboxylic acids is 1. The molecule has 1 aromatic rings. The average Bonchev–Trinajstić information content (AvgIpc) is 2.82. The summed E-state index contributed by atoms with van der Waals surface area (Å²) in [6, 6.07) is 4.44. The predicted octanol–water partition coefficient (Wildman–Crippen LogP) is 0.949. The highest BCUT2D eigenvalue weighted by molar-refractivity contribution is 7.89. The largest absolute Gasteiger partial charge is 0.505 e. The highest BCUT2D eigenvalue weighted by Gasteiger charge is 2.28. The van der Waals surface area contributed by atoms with Gasteiger partial charge in [0.2, 0.25) is 0 Å². The zero-order chi connectivity index (χ0) is 18.8. The fourth-order valence-corrected chi connectivity index (χ4v) is 2.84. The third kappa shape index (κ3) is 4.27. The number of amides is 1. The van der Waals surface area contributed by atoms with Gasteiger partial charge < -0.3 is 15.3 Å². The van der Waals surface area contributed by atoms with Gasteiger partial charge in [-0.3, -0.25) is 9.79 Å². The number of aromatic hydroxyl groups is 1. The molecule has 1 aliphatic heterocycles. The topological polar surface area (TPSA) is 123 Å². The number of phenols is 1. The van der Waals surface area contributed by atoms with E-state index in [2.05, 4.69) is 19.4 Å². The summed E-state index contributed by atoms with van der Waals surface area (Å²) >= 11 is 0. The van der Waals surface area contributed by atoms with Gasteiger partial charge in [0, 0.05) is 20.1 Å². The molecule has 1 heterocycles. The molecule has 3 N–H and O–H groups in total. The van der Waals surface area contributed by atoms with Crippen molar-refractivity contribution in [2.75, 3.05) is 19.4 Å². The van der Waals surface area contributed by atoms with Gasteiger partial charge >= 0.3 is 10.2 Å². The predicted molar refractivity (Wildman–Crippen MR) is 96.4 cm³/mol. The Morgan fingerprint density at radius 2 is 2.12 bits per heavy atom. The Morgan fingerprint density at radius 3 is 2.72 bits per heavy atom.